The van der Waals surface area contributed by atoms with E-state index in [1.165, 1.54) is 5.56 Å². The molecular formula is C10H8O2S. The van der Waals surface area contributed by atoms with Crippen LogP contribution >= 0.6 is 0 Å². The molecule has 3 aliphatic rings. The molecule has 1 heterocycles. The molecule has 2 aliphatic carbocycles. The smallest absolute Gasteiger partial charge is 0.161 e. The molecule has 4 rings (SSSR count). The molecule has 0 aromatic heterocycles. The van der Waals surface area contributed by atoms with Crippen molar-refractivity contribution in [3.05, 3.63) is 35.4 Å². The van der Waals surface area contributed by atoms with Crippen LogP contribution in [0.4, 0.5) is 0 Å². The highest BCUT2D eigenvalue weighted by Gasteiger charge is 2.79. The number of fused-ring (bicyclic) bond motifs is 4. The third kappa shape index (κ3) is 0.481. The Bertz CT molecular complexity index is 517. The SMILES string of the molecule is O=S1(=O)C2c3ccccc3C3C2C31. The normalized spacial score (nSPS) is 46.2. The van der Waals surface area contributed by atoms with Gasteiger partial charge in [0.25, 0.3) is 0 Å². The Morgan fingerprint density at radius 3 is 2.54 bits per heavy atom. The summed E-state index contributed by atoms with van der Waals surface area (Å²) in [5.41, 5.74) is 2.39. The van der Waals surface area contributed by atoms with Crippen LogP contribution in [0.2, 0.25) is 0 Å². The van der Waals surface area contributed by atoms with Gasteiger partial charge in [-0.2, -0.15) is 0 Å². The lowest BCUT2D eigenvalue weighted by molar-refractivity contribution is 0.548. The second kappa shape index (κ2) is 1.57. The van der Waals surface area contributed by atoms with Gasteiger partial charge in [-0.05, 0) is 11.1 Å². The van der Waals surface area contributed by atoms with Crippen LogP contribution in [0.15, 0.2) is 24.3 Å². The van der Waals surface area contributed by atoms with Gasteiger partial charge < -0.3 is 0 Å². The molecule has 1 aliphatic heterocycles. The summed E-state index contributed by atoms with van der Waals surface area (Å²) in [5.74, 6) is 0.827. The van der Waals surface area contributed by atoms with Crippen LogP contribution in [0.1, 0.15) is 22.3 Å². The minimum absolute atomic E-state index is 0.00685. The summed E-state index contributed by atoms with van der Waals surface area (Å²) in [5, 5.41) is -0.119. The van der Waals surface area contributed by atoms with Crippen molar-refractivity contribution in [1.29, 1.82) is 0 Å². The molecule has 3 heteroatoms. The van der Waals surface area contributed by atoms with Crippen LogP contribution in [0, 0.1) is 5.92 Å². The summed E-state index contributed by atoms with van der Waals surface area (Å²) >= 11 is 0. The summed E-state index contributed by atoms with van der Waals surface area (Å²) in [4.78, 5) is 0. The van der Waals surface area contributed by atoms with Crippen molar-refractivity contribution in [2.45, 2.75) is 16.4 Å². The lowest BCUT2D eigenvalue weighted by atomic mass is 10.1. The molecule has 66 valence electrons. The van der Waals surface area contributed by atoms with Gasteiger partial charge in [0.15, 0.2) is 9.84 Å². The van der Waals surface area contributed by atoms with Gasteiger partial charge in [0, 0.05) is 11.8 Å². The Morgan fingerprint density at radius 2 is 1.77 bits per heavy atom. The molecule has 2 nitrogen and oxygen atoms in total. The predicted octanol–water partition coefficient (Wildman–Crippen LogP) is 1.25. The molecule has 4 atom stereocenters. The van der Waals surface area contributed by atoms with Crippen LogP contribution in [-0.4, -0.2) is 13.7 Å². The highest BCUT2D eigenvalue weighted by Crippen LogP contribution is 2.76. The van der Waals surface area contributed by atoms with Crippen molar-refractivity contribution in [1.82, 2.24) is 0 Å². The van der Waals surface area contributed by atoms with Crippen molar-refractivity contribution >= 4 is 9.84 Å². The number of benzene rings is 1. The van der Waals surface area contributed by atoms with E-state index < -0.39 is 9.84 Å². The zero-order valence-corrected chi connectivity index (χ0v) is 7.66. The Labute approximate surface area is 76.5 Å². The Hall–Kier alpha value is -0.830. The van der Waals surface area contributed by atoms with E-state index in [0.717, 1.165) is 5.56 Å². The van der Waals surface area contributed by atoms with E-state index in [4.69, 9.17) is 0 Å². The average Bonchev–Trinajstić information content (AvgIpc) is 2.71. The largest absolute Gasteiger partial charge is 0.228 e. The minimum atomic E-state index is -2.74. The number of hydrogen-bond donors (Lipinski definition) is 0. The fraction of sp³-hybridized carbons (Fsp3) is 0.400. The lowest BCUT2D eigenvalue weighted by Gasteiger charge is -2.26. The van der Waals surface area contributed by atoms with Crippen LogP contribution < -0.4 is 0 Å². The molecule has 0 spiro atoms. The molecule has 1 saturated heterocycles. The zero-order valence-electron chi connectivity index (χ0n) is 6.84. The Balaban J connectivity index is 2.08. The van der Waals surface area contributed by atoms with Crippen molar-refractivity contribution in [3.8, 4) is 0 Å². The first kappa shape index (κ1) is 6.60. The van der Waals surface area contributed by atoms with E-state index in [0.29, 0.717) is 11.8 Å². The maximum atomic E-state index is 11.6. The van der Waals surface area contributed by atoms with Gasteiger partial charge in [-0.3, -0.25) is 0 Å². The first-order valence-electron chi connectivity index (χ1n) is 4.54. The van der Waals surface area contributed by atoms with Crippen molar-refractivity contribution in [2.24, 2.45) is 5.92 Å². The van der Waals surface area contributed by atoms with E-state index in [9.17, 15) is 8.42 Å². The van der Waals surface area contributed by atoms with E-state index in [1.54, 1.807) is 0 Å². The van der Waals surface area contributed by atoms with E-state index >= 15 is 0 Å². The Kier molecular flexibility index (Phi) is 0.794. The fourth-order valence-corrected chi connectivity index (χ4v) is 6.05. The highest BCUT2D eigenvalue weighted by molar-refractivity contribution is 7.94. The zero-order chi connectivity index (χ0) is 8.79. The van der Waals surface area contributed by atoms with Crippen molar-refractivity contribution in [3.63, 3.8) is 0 Å². The van der Waals surface area contributed by atoms with E-state index in [-0.39, 0.29) is 10.5 Å². The lowest BCUT2D eigenvalue weighted by Crippen LogP contribution is -2.32. The van der Waals surface area contributed by atoms with E-state index in [1.807, 2.05) is 18.2 Å². The topological polar surface area (TPSA) is 34.1 Å². The molecule has 13 heavy (non-hydrogen) atoms. The summed E-state index contributed by atoms with van der Waals surface area (Å²) in [6.45, 7) is 0. The molecular weight excluding hydrogens is 184 g/mol. The molecule has 2 fully saturated rings. The quantitative estimate of drug-likeness (QED) is 0.620. The Morgan fingerprint density at radius 1 is 1.08 bits per heavy atom. The average molecular weight is 192 g/mol. The highest BCUT2D eigenvalue weighted by atomic mass is 32.2. The minimum Gasteiger partial charge on any atom is -0.228 e. The first-order valence-corrected chi connectivity index (χ1v) is 6.15. The summed E-state index contributed by atoms with van der Waals surface area (Å²) < 4.78 is 23.2. The molecule has 1 saturated carbocycles. The number of sulfone groups is 1. The van der Waals surface area contributed by atoms with Gasteiger partial charge in [0.1, 0.15) is 0 Å². The second-order valence-electron chi connectivity index (χ2n) is 4.21. The van der Waals surface area contributed by atoms with E-state index in [2.05, 4.69) is 6.07 Å². The van der Waals surface area contributed by atoms with Crippen LogP contribution in [0.5, 0.6) is 0 Å². The third-order valence-electron chi connectivity index (χ3n) is 3.75. The van der Waals surface area contributed by atoms with Crippen molar-refractivity contribution < 1.29 is 8.42 Å². The predicted molar refractivity (Wildman–Crippen MR) is 48.1 cm³/mol. The molecule has 4 unspecified atom stereocenters. The van der Waals surface area contributed by atoms with Gasteiger partial charge >= 0.3 is 0 Å². The standard InChI is InChI=1S/C10H8O2S/c11-13(12)9-6-4-2-1-3-5(6)7-8(9)10(7)13/h1-4,7-10H. The van der Waals surface area contributed by atoms with Crippen molar-refractivity contribution in [2.75, 3.05) is 0 Å². The number of hydrogen-bond acceptors (Lipinski definition) is 2. The van der Waals surface area contributed by atoms with Gasteiger partial charge in [-0.1, -0.05) is 24.3 Å². The third-order valence-corrected chi connectivity index (χ3v) is 6.39. The van der Waals surface area contributed by atoms with Crippen LogP contribution in [-0.2, 0) is 9.84 Å². The molecule has 1 aromatic carbocycles. The van der Waals surface area contributed by atoms with Gasteiger partial charge in [-0.25, -0.2) is 8.42 Å². The molecule has 0 N–H and O–H groups in total. The molecule has 0 radical (unpaired) electrons. The monoisotopic (exact) mass is 192 g/mol. The van der Waals surface area contributed by atoms with Crippen LogP contribution in [0.25, 0.3) is 0 Å². The molecule has 0 amide bonds. The molecule has 1 aromatic rings. The summed E-state index contributed by atoms with van der Waals surface area (Å²) in [6, 6.07) is 8.00. The van der Waals surface area contributed by atoms with Gasteiger partial charge in [0.05, 0.1) is 10.5 Å². The van der Waals surface area contributed by atoms with Gasteiger partial charge in [0.2, 0.25) is 0 Å². The van der Waals surface area contributed by atoms with Crippen LogP contribution in [0.3, 0.4) is 0 Å². The summed E-state index contributed by atoms with van der Waals surface area (Å²) in [7, 11) is -2.74. The maximum absolute atomic E-state index is 11.6. The fourth-order valence-electron chi connectivity index (χ4n) is 3.23. The number of rotatable bonds is 0. The first-order chi connectivity index (χ1) is 6.23. The summed E-state index contributed by atoms with van der Waals surface area (Å²) in [6.07, 6.45) is 0. The molecule has 0 bridgehead atoms. The maximum Gasteiger partial charge on any atom is 0.161 e. The van der Waals surface area contributed by atoms with Gasteiger partial charge in [-0.15, -0.1) is 0 Å². The second-order valence-corrected chi connectivity index (χ2v) is 6.44.